The first-order valence-electron chi connectivity index (χ1n) is 3.72. The Morgan fingerprint density at radius 3 is 2.80 bits per heavy atom. The highest BCUT2D eigenvalue weighted by Gasteiger charge is 2.00. The molecule has 2 heteroatoms. The van der Waals surface area contributed by atoms with Crippen molar-refractivity contribution in [1.82, 2.24) is 5.32 Å². The van der Waals surface area contributed by atoms with E-state index >= 15 is 0 Å². The first kappa shape index (κ1) is 9.48. The van der Waals surface area contributed by atoms with Gasteiger partial charge in [-0.1, -0.05) is 19.3 Å². The molecule has 2 nitrogen and oxygen atoms in total. The monoisotopic (exact) mass is 140 g/mol. The summed E-state index contributed by atoms with van der Waals surface area (Å²) in [5.41, 5.74) is 5.47. The molecule has 0 fully saturated rings. The Labute approximate surface area is 63.2 Å². The molecule has 0 saturated heterocycles. The molecule has 0 bridgehead atoms. The Morgan fingerprint density at radius 1 is 1.70 bits per heavy atom. The Kier molecular flexibility index (Phi) is 6.25. The van der Waals surface area contributed by atoms with Crippen LogP contribution in [-0.4, -0.2) is 19.1 Å². The van der Waals surface area contributed by atoms with Gasteiger partial charge >= 0.3 is 0 Å². The third kappa shape index (κ3) is 4.37. The lowest BCUT2D eigenvalue weighted by molar-refractivity contribution is 0.510. The summed E-state index contributed by atoms with van der Waals surface area (Å²) in [5, 5.41) is 3.16. The Morgan fingerprint density at radius 2 is 2.40 bits per heavy atom. The molecule has 3 N–H and O–H groups in total. The minimum atomic E-state index is 0.404. The van der Waals surface area contributed by atoms with Crippen molar-refractivity contribution in [2.45, 2.75) is 25.8 Å². The van der Waals surface area contributed by atoms with Gasteiger partial charge in [0.05, 0.1) is 6.54 Å². The van der Waals surface area contributed by atoms with Crippen LogP contribution in [0.2, 0.25) is 0 Å². The third-order valence-corrected chi connectivity index (χ3v) is 1.41. The van der Waals surface area contributed by atoms with Gasteiger partial charge in [0.25, 0.3) is 0 Å². The zero-order chi connectivity index (χ0) is 7.82. The zero-order valence-electron chi connectivity index (χ0n) is 6.56. The minimum Gasteiger partial charge on any atom is -0.329 e. The molecule has 0 saturated carbocycles. The topological polar surface area (TPSA) is 38.0 Å². The average Bonchev–Trinajstić information content (AvgIpc) is 1.98. The standard InChI is InChI=1S/C8H16N2/c1-3-5-8(7-9)10-6-4-2/h2,8,10H,3,5-7,9H2,1H3. The molecule has 0 aliphatic heterocycles. The summed E-state index contributed by atoms with van der Waals surface area (Å²) >= 11 is 0. The molecule has 1 atom stereocenters. The van der Waals surface area contributed by atoms with Crippen LogP contribution in [0, 0.1) is 12.3 Å². The molecule has 1 unspecified atom stereocenters. The number of nitrogens with two attached hydrogens (primary N) is 1. The van der Waals surface area contributed by atoms with E-state index in [9.17, 15) is 0 Å². The number of nitrogens with one attached hydrogen (secondary N) is 1. The highest BCUT2D eigenvalue weighted by molar-refractivity contribution is 4.88. The number of hydrogen-bond donors (Lipinski definition) is 2. The fourth-order valence-corrected chi connectivity index (χ4v) is 0.855. The van der Waals surface area contributed by atoms with Gasteiger partial charge in [0.1, 0.15) is 0 Å². The highest BCUT2D eigenvalue weighted by Crippen LogP contribution is 1.92. The lowest BCUT2D eigenvalue weighted by atomic mass is 10.2. The van der Waals surface area contributed by atoms with Crippen molar-refractivity contribution in [1.29, 1.82) is 0 Å². The van der Waals surface area contributed by atoms with Crippen molar-refractivity contribution < 1.29 is 0 Å². The maximum atomic E-state index is 5.47. The summed E-state index contributed by atoms with van der Waals surface area (Å²) in [6.45, 7) is 3.44. The second-order valence-corrected chi connectivity index (χ2v) is 2.31. The van der Waals surface area contributed by atoms with Crippen LogP contribution >= 0.6 is 0 Å². The quantitative estimate of drug-likeness (QED) is 0.540. The van der Waals surface area contributed by atoms with E-state index in [0.29, 0.717) is 19.1 Å². The van der Waals surface area contributed by atoms with Crippen LogP contribution in [0.3, 0.4) is 0 Å². The largest absolute Gasteiger partial charge is 0.329 e. The van der Waals surface area contributed by atoms with E-state index in [1.54, 1.807) is 0 Å². The molecule has 0 rings (SSSR count). The first-order chi connectivity index (χ1) is 4.85. The first-order valence-corrected chi connectivity index (χ1v) is 3.72. The van der Waals surface area contributed by atoms with E-state index in [2.05, 4.69) is 18.2 Å². The predicted octanol–water partition coefficient (Wildman–Crippen LogP) is 0.337. The van der Waals surface area contributed by atoms with Crippen LogP contribution in [-0.2, 0) is 0 Å². The number of rotatable bonds is 5. The van der Waals surface area contributed by atoms with Crippen LogP contribution in [0.4, 0.5) is 0 Å². The number of terminal acetylenes is 1. The van der Waals surface area contributed by atoms with Gasteiger partial charge in [-0.15, -0.1) is 6.42 Å². The fraction of sp³-hybridized carbons (Fsp3) is 0.750. The van der Waals surface area contributed by atoms with Crippen molar-refractivity contribution in [3.63, 3.8) is 0 Å². The molecule has 0 amide bonds. The smallest absolute Gasteiger partial charge is 0.0576 e. The Balaban J connectivity index is 3.32. The van der Waals surface area contributed by atoms with E-state index in [1.165, 1.54) is 0 Å². The molecule has 0 aromatic rings. The van der Waals surface area contributed by atoms with Crippen molar-refractivity contribution in [3.05, 3.63) is 0 Å². The van der Waals surface area contributed by atoms with E-state index in [-0.39, 0.29) is 0 Å². The van der Waals surface area contributed by atoms with Gasteiger partial charge in [-0.05, 0) is 6.42 Å². The molecular weight excluding hydrogens is 124 g/mol. The van der Waals surface area contributed by atoms with Crippen LogP contribution in [0.5, 0.6) is 0 Å². The van der Waals surface area contributed by atoms with E-state index in [0.717, 1.165) is 12.8 Å². The van der Waals surface area contributed by atoms with Gasteiger partial charge in [-0.2, -0.15) is 0 Å². The van der Waals surface area contributed by atoms with Crippen molar-refractivity contribution in [3.8, 4) is 12.3 Å². The normalized spacial score (nSPS) is 12.5. The summed E-state index contributed by atoms with van der Waals surface area (Å²) in [7, 11) is 0. The molecule has 0 radical (unpaired) electrons. The lowest BCUT2D eigenvalue weighted by Gasteiger charge is -2.12. The molecular formula is C8H16N2. The minimum absolute atomic E-state index is 0.404. The van der Waals surface area contributed by atoms with Crippen molar-refractivity contribution in [2.75, 3.05) is 13.1 Å². The maximum absolute atomic E-state index is 5.47. The molecule has 0 aliphatic carbocycles. The van der Waals surface area contributed by atoms with Gasteiger partial charge in [-0.25, -0.2) is 0 Å². The van der Waals surface area contributed by atoms with Crippen LogP contribution in [0.1, 0.15) is 19.8 Å². The molecule has 58 valence electrons. The lowest BCUT2D eigenvalue weighted by Crippen LogP contribution is -2.35. The van der Waals surface area contributed by atoms with Gasteiger partial charge < -0.3 is 11.1 Å². The predicted molar refractivity (Wildman–Crippen MR) is 44.6 cm³/mol. The van der Waals surface area contributed by atoms with E-state index < -0.39 is 0 Å². The second kappa shape index (κ2) is 6.60. The van der Waals surface area contributed by atoms with Crippen LogP contribution in [0.25, 0.3) is 0 Å². The SMILES string of the molecule is C#CCNC(CN)CCC. The van der Waals surface area contributed by atoms with Crippen molar-refractivity contribution in [2.24, 2.45) is 5.73 Å². The molecule has 0 aliphatic rings. The Bertz CT molecular complexity index is 104. The molecule has 0 aromatic heterocycles. The summed E-state index contributed by atoms with van der Waals surface area (Å²) in [6, 6.07) is 0.404. The summed E-state index contributed by atoms with van der Waals surface area (Å²) in [4.78, 5) is 0. The van der Waals surface area contributed by atoms with Crippen LogP contribution < -0.4 is 11.1 Å². The van der Waals surface area contributed by atoms with Crippen LogP contribution in [0.15, 0.2) is 0 Å². The van der Waals surface area contributed by atoms with Gasteiger partial charge in [-0.3, -0.25) is 0 Å². The maximum Gasteiger partial charge on any atom is 0.0576 e. The third-order valence-electron chi connectivity index (χ3n) is 1.41. The second-order valence-electron chi connectivity index (χ2n) is 2.31. The van der Waals surface area contributed by atoms with E-state index in [1.807, 2.05) is 0 Å². The molecule has 0 aromatic carbocycles. The summed E-state index contributed by atoms with van der Waals surface area (Å²) < 4.78 is 0. The van der Waals surface area contributed by atoms with E-state index in [4.69, 9.17) is 12.2 Å². The summed E-state index contributed by atoms with van der Waals surface area (Å²) in [6.07, 6.45) is 7.34. The molecule has 0 heterocycles. The van der Waals surface area contributed by atoms with Crippen molar-refractivity contribution >= 4 is 0 Å². The molecule has 10 heavy (non-hydrogen) atoms. The zero-order valence-corrected chi connectivity index (χ0v) is 6.56. The molecule has 0 spiro atoms. The van der Waals surface area contributed by atoms with Gasteiger partial charge in [0, 0.05) is 12.6 Å². The van der Waals surface area contributed by atoms with Gasteiger partial charge in [0.15, 0.2) is 0 Å². The number of hydrogen-bond acceptors (Lipinski definition) is 2. The fourth-order valence-electron chi connectivity index (χ4n) is 0.855. The summed E-state index contributed by atoms with van der Waals surface area (Å²) in [5.74, 6) is 2.52. The van der Waals surface area contributed by atoms with Gasteiger partial charge in [0.2, 0.25) is 0 Å². The Hall–Kier alpha value is -0.520. The average molecular weight is 140 g/mol. The highest BCUT2D eigenvalue weighted by atomic mass is 14.9.